The van der Waals surface area contributed by atoms with Gasteiger partial charge in [0.1, 0.15) is 17.0 Å². The van der Waals surface area contributed by atoms with E-state index in [1.165, 1.54) is 0 Å². The number of furan rings is 1. The molecule has 0 aliphatic carbocycles. The van der Waals surface area contributed by atoms with Crippen LogP contribution in [0, 0.1) is 0 Å². The number of aryl methyl sites for hydroxylation is 1. The Morgan fingerprint density at radius 2 is 1.41 bits per heavy atom. The molecule has 0 amide bonds. The lowest BCUT2D eigenvalue weighted by atomic mass is 10.0. The molecule has 4 heteroatoms. The summed E-state index contributed by atoms with van der Waals surface area (Å²) in [6.45, 7) is 2.12. The lowest BCUT2D eigenvalue weighted by molar-refractivity contribution is 0.457. The molecule has 0 saturated heterocycles. The summed E-state index contributed by atoms with van der Waals surface area (Å²) >= 11 is 0. The lowest BCUT2D eigenvalue weighted by Gasteiger charge is -2.12. The monoisotopic (exact) mass is 416 g/mol. The number of ether oxygens (including phenoxy) is 1. The molecular formula is C28H20N2O2. The van der Waals surface area contributed by atoms with Gasteiger partial charge in [-0.3, -0.25) is 0 Å². The van der Waals surface area contributed by atoms with Crippen LogP contribution in [0.25, 0.3) is 44.0 Å². The Kier molecular flexibility index (Phi) is 4.36. The van der Waals surface area contributed by atoms with Crippen LogP contribution in [0.4, 0.5) is 0 Å². The van der Waals surface area contributed by atoms with Crippen molar-refractivity contribution in [3.05, 3.63) is 96.6 Å². The predicted molar refractivity (Wildman–Crippen MR) is 128 cm³/mol. The van der Waals surface area contributed by atoms with Crippen molar-refractivity contribution >= 4 is 32.5 Å². The number of para-hydroxylation sites is 2. The quantitative estimate of drug-likeness (QED) is 0.278. The first kappa shape index (κ1) is 18.6. The van der Waals surface area contributed by atoms with Gasteiger partial charge in [-0.1, -0.05) is 67.6 Å². The van der Waals surface area contributed by atoms with Crippen molar-refractivity contribution in [2.75, 3.05) is 0 Å². The molecule has 0 atom stereocenters. The fraction of sp³-hybridized carbons (Fsp3) is 0.0714. The van der Waals surface area contributed by atoms with Gasteiger partial charge in [-0.05, 0) is 53.1 Å². The molecule has 154 valence electrons. The molecule has 0 radical (unpaired) electrons. The van der Waals surface area contributed by atoms with Crippen LogP contribution in [0.3, 0.4) is 0 Å². The van der Waals surface area contributed by atoms with E-state index in [2.05, 4.69) is 47.5 Å². The van der Waals surface area contributed by atoms with Crippen LogP contribution >= 0.6 is 0 Å². The second kappa shape index (κ2) is 7.50. The first-order chi connectivity index (χ1) is 15.8. The van der Waals surface area contributed by atoms with Crippen molar-refractivity contribution in [3.63, 3.8) is 0 Å². The van der Waals surface area contributed by atoms with E-state index in [0.29, 0.717) is 17.3 Å². The third-order valence-electron chi connectivity index (χ3n) is 5.83. The van der Waals surface area contributed by atoms with Gasteiger partial charge in [0.25, 0.3) is 0 Å². The van der Waals surface area contributed by atoms with Gasteiger partial charge in [0.05, 0.1) is 0 Å². The van der Waals surface area contributed by atoms with Gasteiger partial charge in [-0.15, -0.1) is 10.2 Å². The van der Waals surface area contributed by atoms with E-state index in [1.807, 2.05) is 60.7 Å². The maximum Gasteiger partial charge on any atom is 0.246 e. The summed E-state index contributed by atoms with van der Waals surface area (Å²) in [5.74, 6) is 1.99. The Morgan fingerprint density at radius 1 is 0.719 bits per heavy atom. The zero-order chi connectivity index (χ0) is 21.5. The maximum atomic E-state index is 6.31. The summed E-state index contributed by atoms with van der Waals surface area (Å²) in [5, 5.41) is 14.2. The number of benzene rings is 4. The second-order valence-corrected chi connectivity index (χ2v) is 7.81. The molecule has 2 aromatic heterocycles. The number of nitrogens with zero attached hydrogens (tertiary/aromatic N) is 2. The molecule has 2 heterocycles. The highest BCUT2D eigenvalue weighted by molar-refractivity contribution is 6.05. The largest absolute Gasteiger partial charge is 0.454 e. The number of aromatic nitrogens is 2. The smallest absolute Gasteiger partial charge is 0.246 e. The molecule has 6 rings (SSSR count). The Morgan fingerprint density at radius 3 is 2.19 bits per heavy atom. The minimum Gasteiger partial charge on any atom is -0.454 e. The van der Waals surface area contributed by atoms with Crippen LogP contribution in [0.5, 0.6) is 11.6 Å². The topological polar surface area (TPSA) is 48.2 Å². The molecule has 0 fully saturated rings. The van der Waals surface area contributed by atoms with Crippen molar-refractivity contribution in [3.8, 4) is 23.1 Å². The van der Waals surface area contributed by atoms with Crippen LogP contribution in [0.1, 0.15) is 12.5 Å². The third-order valence-corrected chi connectivity index (χ3v) is 5.83. The second-order valence-electron chi connectivity index (χ2n) is 7.81. The van der Waals surface area contributed by atoms with Gasteiger partial charge >= 0.3 is 0 Å². The van der Waals surface area contributed by atoms with Crippen molar-refractivity contribution in [2.24, 2.45) is 0 Å². The first-order valence-electron chi connectivity index (χ1n) is 10.7. The standard InChI is InChI=1S/C28H20N2O2/c1-2-18-9-5-7-13-24(18)32-28-23-16-20-11-4-3-10-19(20)15-22(23)27(29-30-28)26-17-21-12-6-8-14-25(21)31-26/h3-17H,2H2,1H3. The van der Waals surface area contributed by atoms with E-state index >= 15 is 0 Å². The Bertz CT molecular complexity index is 1570. The fourth-order valence-corrected chi connectivity index (χ4v) is 4.17. The average molecular weight is 416 g/mol. The van der Waals surface area contributed by atoms with E-state index in [0.717, 1.165) is 50.2 Å². The minimum atomic E-state index is 0.492. The van der Waals surface area contributed by atoms with Gasteiger partial charge in [0.15, 0.2) is 5.76 Å². The summed E-state index contributed by atoms with van der Waals surface area (Å²) < 4.78 is 12.4. The van der Waals surface area contributed by atoms with Crippen LogP contribution in [0.15, 0.2) is 95.4 Å². The van der Waals surface area contributed by atoms with E-state index in [-0.39, 0.29) is 0 Å². The van der Waals surface area contributed by atoms with Crippen molar-refractivity contribution < 1.29 is 9.15 Å². The van der Waals surface area contributed by atoms with Gasteiger partial charge in [-0.25, -0.2) is 0 Å². The SMILES string of the molecule is CCc1ccccc1Oc1nnc(-c2cc3ccccc3o2)c2cc3ccccc3cc12. The highest BCUT2D eigenvalue weighted by Gasteiger charge is 2.17. The molecule has 4 aromatic carbocycles. The number of hydrogen-bond donors (Lipinski definition) is 0. The zero-order valence-electron chi connectivity index (χ0n) is 17.6. The lowest BCUT2D eigenvalue weighted by Crippen LogP contribution is -1.97. The van der Waals surface area contributed by atoms with Gasteiger partial charge in [-0.2, -0.15) is 0 Å². The highest BCUT2D eigenvalue weighted by Crippen LogP contribution is 2.38. The molecule has 0 N–H and O–H groups in total. The summed E-state index contributed by atoms with van der Waals surface area (Å²) in [5.41, 5.74) is 2.66. The maximum absolute atomic E-state index is 6.31. The van der Waals surface area contributed by atoms with Gasteiger partial charge in [0, 0.05) is 16.2 Å². The van der Waals surface area contributed by atoms with E-state index < -0.39 is 0 Å². The summed E-state index contributed by atoms with van der Waals surface area (Å²) in [7, 11) is 0. The van der Waals surface area contributed by atoms with Crippen LogP contribution in [-0.2, 0) is 6.42 Å². The average Bonchev–Trinajstić information content (AvgIpc) is 3.27. The Hall–Kier alpha value is -4.18. The Labute approximate surface area is 185 Å². The number of hydrogen-bond acceptors (Lipinski definition) is 4. The fourth-order valence-electron chi connectivity index (χ4n) is 4.17. The zero-order valence-corrected chi connectivity index (χ0v) is 17.6. The molecule has 4 nitrogen and oxygen atoms in total. The predicted octanol–water partition coefficient (Wildman–Crippen LogP) is 7.55. The Balaban J connectivity index is 1.60. The van der Waals surface area contributed by atoms with Crippen LogP contribution in [0.2, 0.25) is 0 Å². The van der Waals surface area contributed by atoms with Crippen molar-refractivity contribution in [1.82, 2.24) is 10.2 Å². The molecule has 0 unspecified atom stereocenters. The molecule has 6 aromatic rings. The minimum absolute atomic E-state index is 0.492. The van der Waals surface area contributed by atoms with Crippen molar-refractivity contribution in [1.29, 1.82) is 0 Å². The highest BCUT2D eigenvalue weighted by atomic mass is 16.5. The third kappa shape index (κ3) is 3.08. The normalized spacial score (nSPS) is 11.4. The van der Waals surface area contributed by atoms with Crippen LogP contribution in [-0.4, -0.2) is 10.2 Å². The summed E-state index contributed by atoms with van der Waals surface area (Å²) in [6.07, 6.45) is 0.877. The molecule has 0 aliphatic rings. The van der Waals surface area contributed by atoms with Gasteiger partial charge in [0.2, 0.25) is 5.88 Å². The first-order valence-corrected chi connectivity index (χ1v) is 10.7. The summed E-state index contributed by atoms with van der Waals surface area (Å²) in [6, 6.07) is 30.6. The summed E-state index contributed by atoms with van der Waals surface area (Å²) in [4.78, 5) is 0. The number of rotatable bonds is 4. The molecular weight excluding hydrogens is 396 g/mol. The van der Waals surface area contributed by atoms with E-state index in [1.54, 1.807) is 0 Å². The van der Waals surface area contributed by atoms with E-state index in [9.17, 15) is 0 Å². The van der Waals surface area contributed by atoms with Gasteiger partial charge < -0.3 is 9.15 Å². The van der Waals surface area contributed by atoms with Crippen LogP contribution < -0.4 is 4.74 Å². The van der Waals surface area contributed by atoms with Crippen molar-refractivity contribution in [2.45, 2.75) is 13.3 Å². The van der Waals surface area contributed by atoms with E-state index in [4.69, 9.17) is 9.15 Å². The number of fused-ring (bicyclic) bond motifs is 3. The molecule has 0 aliphatic heterocycles. The molecule has 0 spiro atoms. The molecule has 0 bridgehead atoms. The molecule has 0 saturated carbocycles. The molecule has 32 heavy (non-hydrogen) atoms.